The molecule has 4 heterocycles. The lowest BCUT2D eigenvalue weighted by Gasteiger charge is -2.36. The molecule has 8 nitrogen and oxygen atoms in total. The van der Waals surface area contributed by atoms with Crippen molar-refractivity contribution in [2.75, 3.05) is 42.5 Å². The molecule has 0 spiro atoms. The second-order valence-corrected chi connectivity index (χ2v) is 9.44. The maximum atomic E-state index is 14.2. The number of hydrogen-bond donors (Lipinski definition) is 0. The first-order valence-electron chi connectivity index (χ1n) is 13.0. The molecule has 0 aliphatic carbocycles. The highest BCUT2D eigenvalue weighted by Gasteiger charge is 2.24. The van der Waals surface area contributed by atoms with E-state index in [1.807, 2.05) is 58.3 Å². The molecule has 1 aliphatic rings. The van der Waals surface area contributed by atoms with E-state index in [0.717, 1.165) is 16.7 Å². The normalized spacial score (nSPS) is 13.7. The summed E-state index contributed by atoms with van der Waals surface area (Å²) in [6.45, 7) is 3.15. The number of hydrogen-bond acceptors (Lipinski definition) is 7. The zero-order chi connectivity index (χ0) is 26.6. The summed E-state index contributed by atoms with van der Waals surface area (Å²) in [6, 6.07) is 22.0. The number of halogens is 1. The van der Waals surface area contributed by atoms with Crippen molar-refractivity contribution in [1.82, 2.24) is 14.9 Å². The topological polar surface area (TPSA) is 78.8 Å². The molecular weight excluding hydrogens is 497 g/mol. The summed E-state index contributed by atoms with van der Waals surface area (Å²) in [7, 11) is 0. The van der Waals surface area contributed by atoms with Crippen LogP contribution >= 0.6 is 0 Å². The molecule has 0 bridgehead atoms. The van der Waals surface area contributed by atoms with Crippen molar-refractivity contribution in [1.29, 1.82) is 0 Å². The second kappa shape index (κ2) is 11.0. The highest BCUT2D eigenvalue weighted by Crippen LogP contribution is 2.29. The Bertz CT molecular complexity index is 1550. The molecule has 0 N–H and O–H groups in total. The Morgan fingerprint density at radius 2 is 1.64 bits per heavy atom. The van der Waals surface area contributed by atoms with Gasteiger partial charge in [-0.05, 0) is 48.5 Å². The minimum Gasteiger partial charge on any atom is -0.467 e. The first-order valence-corrected chi connectivity index (χ1v) is 13.0. The van der Waals surface area contributed by atoms with Crippen molar-refractivity contribution in [3.63, 3.8) is 0 Å². The van der Waals surface area contributed by atoms with Crippen molar-refractivity contribution >= 4 is 28.3 Å². The third-order valence-electron chi connectivity index (χ3n) is 6.97. The van der Waals surface area contributed by atoms with Crippen LogP contribution in [0.3, 0.4) is 0 Å². The van der Waals surface area contributed by atoms with E-state index in [9.17, 15) is 9.18 Å². The number of para-hydroxylation sites is 2. The minimum absolute atomic E-state index is 0.0530. The van der Waals surface area contributed by atoms with Gasteiger partial charge in [-0.2, -0.15) is 0 Å². The number of nitrogens with zero attached hydrogens (tertiary/aromatic N) is 5. The van der Waals surface area contributed by atoms with Gasteiger partial charge in [0, 0.05) is 44.5 Å². The van der Waals surface area contributed by atoms with Gasteiger partial charge >= 0.3 is 0 Å². The van der Waals surface area contributed by atoms with E-state index in [-0.39, 0.29) is 11.7 Å². The third-order valence-corrected chi connectivity index (χ3v) is 6.97. The molecule has 1 fully saturated rings. The number of carbonyl (C=O) groups is 1. The van der Waals surface area contributed by atoms with Gasteiger partial charge in [-0.3, -0.25) is 4.79 Å². The summed E-state index contributed by atoms with van der Waals surface area (Å²) in [4.78, 5) is 28.8. The highest BCUT2D eigenvalue weighted by molar-refractivity contribution is 5.91. The van der Waals surface area contributed by atoms with Crippen LogP contribution in [0.25, 0.3) is 22.5 Å². The average Bonchev–Trinajstić information content (AvgIpc) is 3.70. The van der Waals surface area contributed by atoms with Crippen molar-refractivity contribution in [3.05, 3.63) is 96.9 Å². The number of fused-ring (bicyclic) bond motifs is 1. The van der Waals surface area contributed by atoms with Crippen molar-refractivity contribution in [2.24, 2.45) is 0 Å². The maximum Gasteiger partial charge on any atom is 0.224 e. The summed E-state index contributed by atoms with van der Waals surface area (Å²) in [5.74, 6) is 2.34. The van der Waals surface area contributed by atoms with Crippen molar-refractivity contribution < 1.29 is 18.0 Å². The average molecular weight is 526 g/mol. The molecule has 39 heavy (non-hydrogen) atoms. The van der Waals surface area contributed by atoms with E-state index >= 15 is 0 Å². The summed E-state index contributed by atoms with van der Waals surface area (Å²) < 4.78 is 25.5. The molecule has 0 atom stereocenters. The lowest BCUT2D eigenvalue weighted by molar-refractivity contribution is -0.131. The molecule has 5 aromatic rings. The number of benzene rings is 2. The van der Waals surface area contributed by atoms with Gasteiger partial charge in [0.2, 0.25) is 5.91 Å². The van der Waals surface area contributed by atoms with Gasteiger partial charge in [0.15, 0.2) is 11.6 Å². The lowest BCUT2D eigenvalue weighted by atomic mass is 10.2. The van der Waals surface area contributed by atoms with Gasteiger partial charge in [-0.25, -0.2) is 14.4 Å². The van der Waals surface area contributed by atoms with Crippen LogP contribution in [0.4, 0.5) is 15.9 Å². The summed E-state index contributed by atoms with van der Waals surface area (Å²) in [5, 5.41) is 0.880. The van der Waals surface area contributed by atoms with E-state index in [2.05, 4.69) is 4.90 Å². The van der Waals surface area contributed by atoms with E-state index in [1.54, 1.807) is 30.7 Å². The van der Waals surface area contributed by atoms with Crippen LogP contribution in [0.15, 0.2) is 94.2 Å². The zero-order valence-corrected chi connectivity index (χ0v) is 21.4. The SMILES string of the molecule is O=C(CCN(Cc1ccco1)c1nc(-c2ccco2)nc2ccccc12)N1CCN(c2ccccc2F)CC1. The zero-order valence-electron chi connectivity index (χ0n) is 21.4. The number of furan rings is 2. The maximum absolute atomic E-state index is 14.2. The van der Waals surface area contributed by atoms with E-state index in [0.29, 0.717) is 68.8 Å². The first-order chi connectivity index (χ1) is 19.2. The quantitative estimate of drug-likeness (QED) is 0.270. The largest absolute Gasteiger partial charge is 0.467 e. The van der Waals surface area contributed by atoms with E-state index in [1.165, 1.54) is 6.07 Å². The lowest BCUT2D eigenvalue weighted by Crippen LogP contribution is -2.49. The number of rotatable bonds is 8. The number of piperazine rings is 1. The molecule has 0 unspecified atom stereocenters. The predicted octanol–water partition coefficient (Wildman–Crippen LogP) is 5.37. The van der Waals surface area contributed by atoms with Crippen LogP contribution in [0, 0.1) is 5.82 Å². The summed E-state index contributed by atoms with van der Waals surface area (Å²) in [6.07, 6.45) is 3.54. The molecule has 0 radical (unpaired) electrons. The fourth-order valence-corrected chi connectivity index (χ4v) is 4.96. The van der Waals surface area contributed by atoms with Crippen LogP contribution in [0.1, 0.15) is 12.2 Å². The highest BCUT2D eigenvalue weighted by atomic mass is 19.1. The van der Waals surface area contributed by atoms with Gasteiger partial charge in [0.1, 0.15) is 17.4 Å². The molecule has 2 aromatic carbocycles. The fraction of sp³-hybridized carbons (Fsp3) is 0.233. The van der Waals surface area contributed by atoms with Crippen molar-refractivity contribution in [3.8, 4) is 11.6 Å². The van der Waals surface area contributed by atoms with Gasteiger partial charge in [-0.1, -0.05) is 24.3 Å². The van der Waals surface area contributed by atoms with Crippen LogP contribution in [0.5, 0.6) is 0 Å². The number of amides is 1. The Balaban J connectivity index is 1.21. The number of carbonyl (C=O) groups excluding carboxylic acids is 1. The molecule has 1 aliphatic heterocycles. The Kier molecular flexibility index (Phi) is 6.95. The standard InChI is InChI=1S/C30H28FN5O3/c31-24-9-2-4-11-26(24)34-15-17-35(18-16-34)28(37)13-14-36(21-22-7-5-19-38-22)30-23-8-1-3-10-25(23)32-29(33-30)27-12-6-20-39-27/h1-12,19-20H,13-18,21H2. The molecule has 198 valence electrons. The van der Waals surface area contributed by atoms with Crippen LogP contribution in [-0.2, 0) is 11.3 Å². The van der Waals surface area contributed by atoms with E-state index < -0.39 is 0 Å². The molecule has 1 amide bonds. The Morgan fingerprint density at radius 3 is 2.41 bits per heavy atom. The van der Waals surface area contributed by atoms with Crippen LogP contribution in [0.2, 0.25) is 0 Å². The Labute approximate surface area is 225 Å². The second-order valence-electron chi connectivity index (χ2n) is 9.44. The van der Waals surface area contributed by atoms with E-state index in [4.69, 9.17) is 18.8 Å². The number of anilines is 2. The smallest absolute Gasteiger partial charge is 0.224 e. The summed E-state index contributed by atoms with van der Waals surface area (Å²) >= 11 is 0. The predicted molar refractivity (Wildman–Crippen MR) is 147 cm³/mol. The molecule has 9 heteroatoms. The van der Waals surface area contributed by atoms with Gasteiger partial charge in [0.25, 0.3) is 0 Å². The fourth-order valence-electron chi connectivity index (χ4n) is 4.96. The summed E-state index contributed by atoms with van der Waals surface area (Å²) in [5.41, 5.74) is 1.37. The molecule has 1 saturated heterocycles. The van der Waals surface area contributed by atoms with Crippen molar-refractivity contribution in [2.45, 2.75) is 13.0 Å². The monoisotopic (exact) mass is 525 g/mol. The third kappa shape index (κ3) is 5.34. The van der Waals surface area contributed by atoms with Gasteiger partial charge in [-0.15, -0.1) is 0 Å². The van der Waals surface area contributed by atoms with Gasteiger partial charge < -0.3 is 23.5 Å². The Hall–Kier alpha value is -4.66. The molecular formula is C30H28FN5O3. The molecule has 0 saturated carbocycles. The van der Waals surface area contributed by atoms with Gasteiger partial charge in [0.05, 0.1) is 30.3 Å². The minimum atomic E-state index is -0.239. The Morgan fingerprint density at radius 1 is 0.872 bits per heavy atom. The number of aromatic nitrogens is 2. The molecule has 6 rings (SSSR count). The van der Waals surface area contributed by atoms with Crippen LogP contribution < -0.4 is 9.80 Å². The molecule has 3 aromatic heterocycles. The van der Waals surface area contributed by atoms with Crippen LogP contribution in [-0.4, -0.2) is 53.5 Å². The first kappa shape index (κ1) is 24.7.